The predicted octanol–water partition coefficient (Wildman–Crippen LogP) is 3.35. The van der Waals surface area contributed by atoms with Gasteiger partial charge in [-0.2, -0.15) is 0 Å². The van der Waals surface area contributed by atoms with Gasteiger partial charge in [0.15, 0.2) is 0 Å². The van der Waals surface area contributed by atoms with Gasteiger partial charge < -0.3 is 0 Å². The highest BCUT2D eigenvalue weighted by atomic mass is 35.5. The molecule has 3 aliphatic rings. The molecule has 1 aromatic rings. The highest BCUT2D eigenvalue weighted by Gasteiger charge is 2.67. The second-order valence-electron chi connectivity index (χ2n) is 6.56. The van der Waals surface area contributed by atoms with Gasteiger partial charge in [0.2, 0.25) is 11.8 Å². The fourth-order valence-electron chi connectivity index (χ4n) is 4.27. The van der Waals surface area contributed by atoms with Crippen molar-refractivity contribution < 1.29 is 9.59 Å². The van der Waals surface area contributed by atoms with E-state index in [4.69, 9.17) is 11.6 Å². The molecule has 0 unspecified atom stereocenters. The normalized spacial score (nSPS) is 36.7. The quantitative estimate of drug-likeness (QED) is 0.589. The first-order chi connectivity index (χ1) is 9.94. The lowest BCUT2D eigenvalue weighted by atomic mass is 9.71. The van der Waals surface area contributed by atoms with Gasteiger partial charge in [-0.15, -0.1) is 0 Å². The van der Waals surface area contributed by atoms with Crippen LogP contribution in [-0.2, 0) is 9.59 Å². The number of nitrogens with zero attached hydrogens (tertiary/aromatic N) is 1. The molecule has 1 saturated carbocycles. The molecule has 0 aromatic heterocycles. The Kier molecular flexibility index (Phi) is 2.48. The number of fused-ring (bicyclic) bond motifs is 5. The van der Waals surface area contributed by atoms with Crippen molar-refractivity contribution in [3.8, 4) is 0 Å². The maximum absolute atomic E-state index is 12.9. The van der Waals surface area contributed by atoms with Crippen molar-refractivity contribution in [3.63, 3.8) is 0 Å². The number of aryl methyl sites for hydroxylation is 1. The van der Waals surface area contributed by atoms with E-state index in [1.807, 2.05) is 19.9 Å². The minimum atomic E-state index is -0.576. The van der Waals surface area contributed by atoms with E-state index < -0.39 is 5.41 Å². The Morgan fingerprint density at radius 3 is 2.71 bits per heavy atom. The molecule has 108 valence electrons. The average Bonchev–Trinajstić information content (AvgIpc) is 3.07. The summed E-state index contributed by atoms with van der Waals surface area (Å²) >= 11 is 6.15. The molecular weight excluding hydrogens is 286 g/mol. The van der Waals surface area contributed by atoms with E-state index in [2.05, 4.69) is 12.2 Å². The summed E-state index contributed by atoms with van der Waals surface area (Å²) in [7, 11) is 0. The molecule has 21 heavy (non-hydrogen) atoms. The van der Waals surface area contributed by atoms with E-state index in [1.54, 1.807) is 12.1 Å². The van der Waals surface area contributed by atoms with E-state index in [-0.39, 0.29) is 29.6 Å². The van der Waals surface area contributed by atoms with Crippen LogP contribution in [0.4, 0.5) is 5.69 Å². The van der Waals surface area contributed by atoms with Crippen LogP contribution in [0.15, 0.2) is 30.4 Å². The van der Waals surface area contributed by atoms with Crippen LogP contribution in [0.2, 0.25) is 5.02 Å². The first-order valence-corrected chi connectivity index (χ1v) is 7.65. The Balaban J connectivity index is 1.81. The molecule has 2 aliphatic carbocycles. The van der Waals surface area contributed by atoms with E-state index in [0.29, 0.717) is 10.7 Å². The number of hydrogen-bond acceptors (Lipinski definition) is 2. The van der Waals surface area contributed by atoms with Gasteiger partial charge in [-0.1, -0.05) is 29.8 Å². The predicted molar refractivity (Wildman–Crippen MR) is 81.0 cm³/mol. The number of carbonyl (C=O) groups is 2. The van der Waals surface area contributed by atoms with Crippen LogP contribution in [0.25, 0.3) is 0 Å². The van der Waals surface area contributed by atoms with Gasteiger partial charge in [-0.3, -0.25) is 9.59 Å². The van der Waals surface area contributed by atoms with Gasteiger partial charge >= 0.3 is 0 Å². The van der Waals surface area contributed by atoms with Crippen molar-refractivity contribution in [3.05, 3.63) is 40.9 Å². The molecule has 4 rings (SSSR count). The zero-order valence-electron chi connectivity index (χ0n) is 12.0. The SMILES string of the molecule is Cc1ccc(N2C(=O)[C@@H]3[C@H]4C=C[C@@H](C4)[C@@]3(C)C2=O)cc1Cl. The largest absolute Gasteiger partial charge is 0.274 e. The molecule has 1 aliphatic heterocycles. The molecule has 4 atom stereocenters. The van der Waals surface area contributed by atoms with Crippen LogP contribution in [0.3, 0.4) is 0 Å². The summed E-state index contributed by atoms with van der Waals surface area (Å²) in [6.07, 6.45) is 5.15. The zero-order chi connectivity index (χ0) is 14.9. The molecule has 1 aromatic carbocycles. The van der Waals surface area contributed by atoms with Crippen LogP contribution < -0.4 is 4.90 Å². The van der Waals surface area contributed by atoms with Gasteiger partial charge in [0.1, 0.15) is 0 Å². The van der Waals surface area contributed by atoms with Crippen molar-refractivity contribution >= 4 is 29.1 Å². The van der Waals surface area contributed by atoms with Gasteiger partial charge in [-0.05, 0) is 49.8 Å². The Morgan fingerprint density at radius 2 is 2.05 bits per heavy atom. The highest BCUT2D eigenvalue weighted by Crippen LogP contribution is 2.60. The lowest BCUT2D eigenvalue weighted by Gasteiger charge is -2.28. The second kappa shape index (κ2) is 3.98. The van der Waals surface area contributed by atoms with Crippen molar-refractivity contribution in [1.82, 2.24) is 0 Å². The fraction of sp³-hybridized carbons (Fsp3) is 0.412. The third-order valence-corrected chi connectivity index (χ3v) is 5.93. The topological polar surface area (TPSA) is 37.4 Å². The molecule has 2 fully saturated rings. The number of carbonyl (C=O) groups excluding carboxylic acids is 2. The minimum absolute atomic E-state index is 0.0701. The van der Waals surface area contributed by atoms with E-state index in [1.165, 1.54) is 4.90 Å². The summed E-state index contributed by atoms with van der Waals surface area (Å²) in [4.78, 5) is 27.1. The number of hydrogen-bond donors (Lipinski definition) is 0. The Hall–Kier alpha value is -1.61. The number of anilines is 1. The number of amides is 2. The molecule has 1 heterocycles. The number of allylic oxidation sites excluding steroid dienone is 2. The summed E-state index contributed by atoms with van der Waals surface area (Å²) in [5.41, 5.74) is 0.955. The molecule has 4 heteroatoms. The van der Waals surface area contributed by atoms with Crippen molar-refractivity contribution in [2.24, 2.45) is 23.2 Å². The zero-order valence-corrected chi connectivity index (χ0v) is 12.7. The lowest BCUT2D eigenvalue weighted by molar-refractivity contribution is -0.127. The average molecular weight is 302 g/mol. The smallest absolute Gasteiger partial charge is 0.241 e. The Morgan fingerprint density at radius 1 is 1.29 bits per heavy atom. The highest BCUT2D eigenvalue weighted by molar-refractivity contribution is 6.32. The summed E-state index contributed by atoms with van der Waals surface area (Å²) in [5, 5.41) is 0.580. The molecule has 2 bridgehead atoms. The molecular formula is C17H16ClNO2. The fourth-order valence-corrected chi connectivity index (χ4v) is 4.45. The maximum atomic E-state index is 12.9. The number of rotatable bonds is 1. The second-order valence-corrected chi connectivity index (χ2v) is 6.97. The van der Waals surface area contributed by atoms with Crippen molar-refractivity contribution in [2.75, 3.05) is 4.90 Å². The molecule has 3 nitrogen and oxygen atoms in total. The standard InChI is InChI=1S/C17H16ClNO2/c1-9-3-6-12(8-13(9)18)19-15(20)14-10-4-5-11(7-10)17(14,2)16(19)21/h3-6,8,10-11,14H,7H2,1-2H3/t10-,11-,14-,17+/m0/s1. The van der Waals surface area contributed by atoms with Gasteiger partial charge in [0, 0.05) is 5.02 Å². The molecule has 0 N–H and O–H groups in total. The third-order valence-electron chi connectivity index (χ3n) is 5.53. The summed E-state index contributed by atoms with van der Waals surface area (Å²) in [6.45, 7) is 3.85. The molecule has 0 radical (unpaired) electrons. The summed E-state index contributed by atoms with van der Waals surface area (Å²) < 4.78 is 0. The van der Waals surface area contributed by atoms with Gasteiger partial charge in [0.05, 0.1) is 17.0 Å². The van der Waals surface area contributed by atoms with E-state index in [9.17, 15) is 9.59 Å². The summed E-state index contributed by atoms with van der Waals surface area (Å²) in [5.74, 6) is 0.0471. The van der Waals surface area contributed by atoms with Crippen LogP contribution in [-0.4, -0.2) is 11.8 Å². The van der Waals surface area contributed by atoms with E-state index >= 15 is 0 Å². The van der Waals surface area contributed by atoms with Crippen LogP contribution in [0.1, 0.15) is 18.9 Å². The van der Waals surface area contributed by atoms with Crippen LogP contribution >= 0.6 is 11.6 Å². The third kappa shape index (κ3) is 1.45. The molecule has 2 amide bonds. The number of imide groups is 1. The van der Waals surface area contributed by atoms with Crippen molar-refractivity contribution in [1.29, 1.82) is 0 Å². The lowest BCUT2D eigenvalue weighted by Crippen LogP contribution is -2.37. The minimum Gasteiger partial charge on any atom is -0.274 e. The van der Waals surface area contributed by atoms with E-state index in [0.717, 1.165) is 12.0 Å². The number of benzene rings is 1. The van der Waals surface area contributed by atoms with Crippen LogP contribution in [0, 0.1) is 30.1 Å². The molecule has 0 spiro atoms. The first kappa shape index (κ1) is 13.1. The molecule has 1 saturated heterocycles. The van der Waals surface area contributed by atoms with Crippen molar-refractivity contribution in [2.45, 2.75) is 20.3 Å². The number of halogens is 1. The van der Waals surface area contributed by atoms with Crippen LogP contribution in [0.5, 0.6) is 0 Å². The van der Waals surface area contributed by atoms with Gasteiger partial charge in [-0.25, -0.2) is 4.90 Å². The monoisotopic (exact) mass is 301 g/mol. The summed E-state index contributed by atoms with van der Waals surface area (Å²) in [6, 6.07) is 5.37. The van der Waals surface area contributed by atoms with Gasteiger partial charge in [0.25, 0.3) is 0 Å². The maximum Gasteiger partial charge on any atom is 0.241 e. The Labute approximate surface area is 128 Å². The first-order valence-electron chi connectivity index (χ1n) is 7.27. The Bertz CT molecular complexity index is 711.